The molecule has 1 amide bonds. The molecule has 0 aromatic heterocycles. The van der Waals surface area contributed by atoms with Crippen LogP contribution in [0.5, 0.6) is 5.75 Å². The monoisotopic (exact) mass is 566 g/mol. The average Bonchev–Trinajstić information content (AvgIpc) is 2.88. The number of ether oxygens (including phenoxy) is 2. The zero-order valence-electron chi connectivity index (χ0n) is 20.1. The second-order valence-corrected chi connectivity index (χ2v) is 9.52. The van der Waals surface area contributed by atoms with Crippen molar-refractivity contribution in [3.63, 3.8) is 0 Å². The molecule has 39 heavy (non-hydrogen) atoms. The average molecular weight is 567 g/mol. The van der Waals surface area contributed by atoms with Crippen LogP contribution in [0.25, 0.3) is 0 Å². The molecule has 0 aliphatic heterocycles. The third-order valence-corrected chi connectivity index (χ3v) is 6.72. The Morgan fingerprint density at radius 1 is 0.897 bits per heavy atom. The molecule has 0 radical (unpaired) electrons. The Hall–Kier alpha value is -4.43. The maximum absolute atomic E-state index is 14.0. The third-order valence-electron chi connectivity index (χ3n) is 5.33. The van der Waals surface area contributed by atoms with Crippen molar-refractivity contribution >= 4 is 33.6 Å². The molecule has 0 heterocycles. The molecule has 0 saturated carbocycles. The quantitative estimate of drug-likeness (QED) is 0.250. The highest BCUT2D eigenvalue weighted by Crippen LogP contribution is 2.43. The first-order valence-electron chi connectivity index (χ1n) is 10.9. The van der Waals surface area contributed by atoms with Gasteiger partial charge in [-0.05, 0) is 36.4 Å². The van der Waals surface area contributed by atoms with Crippen LogP contribution in [0.4, 0.5) is 18.9 Å². The lowest BCUT2D eigenvalue weighted by Crippen LogP contribution is -2.52. The van der Waals surface area contributed by atoms with E-state index in [2.05, 4.69) is 14.8 Å². The summed E-state index contributed by atoms with van der Waals surface area (Å²) in [5.74, 6) is -4.33. The normalized spacial score (nSPS) is 13.1. The number of hydrogen-bond donors (Lipinski definition) is 3. The molecule has 10 nitrogen and oxygen atoms in total. The van der Waals surface area contributed by atoms with Gasteiger partial charge in [0.15, 0.2) is 0 Å². The number of rotatable bonds is 10. The van der Waals surface area contributed by atoms with Crippen LogP contribution in [0.1, 0.15) is 15.9 Å². The molecule has 3 N–H and O–H groups in total. The summed E-state index contributed by atoms with van der Waals surface area (Å²) in [7, 11) is -3.63. The second kappa shape index (κ2) is 11.5. The van der Waals surface area contributed by atoms with E-state index in [0.29, 0.717) is 7.11 Å². The molecule has 0 fully saturated rings. The van der Waals surface area contributed by atoms with Crippen molar-refractivity contribution < 1.29 is 50.6 Å². The van der Waals surface area contributed by atoms with Crippen molar-refractivity contribution in [1.82, 2.24) is 5.32 Å². The molecule has 3 rings (SSSR count). The van der Waals surface area contributed by atoms with Crippen molar-refractivity contribution in [2.75, 3.05) is 18.4 Å². The number of carboxylic acid groups (broad SMARTS) is 1. The number of para-hydroxylation sites is 1. The summed E-state index contributed by atoms with van der Waals surface area (Å²) in [4.78, 5) is 35.4. The van der Waals surface area contributed by atoms with Crippen LogP contribution in [0, 0.1) is 0 Å². The number of halogens is 3. The molecular weight excluding hydrogens is 545 g/mol. The first kappa shape index (κ1) is 29.1. The van der Waals surface area contributed by atoms with E-state index in [9.17, 15) is 36.0 Å². The highest BCUT2D eigenvalue weighted by Gasteiger charge is 2.64. The SMILES string of the molecule is CO[C@@](C(=O)Oc1ccc(S(=O)(=O)Nc2ccccc2C(=O)NCC(=O)O)cc1)(c1ccccc1)C(F)(F)F. The van der Waals surface area contributed by atoms with Crippen molar-refractivity contribution in [3.05, 3.63) is 90.0 Å². The topological polar surface area (TPSA) is 148 Å². The van der Waals surface area contributed by atoms with Crippen LogP contribution in [0.15, 0.2) is 83.8 Å². The highest BCUT2D eigenvalue weighted by atomic mass is 32.2. The van der Waals surface area contributed by atoms with Gasteiger partial charge in [-0.25, -0.2) is 13.2 Å². The predicted molar refractivity (Wildman–Crippen MR) is 130 cm³/mol. The van der Waals surface area contributed by atoms with Crippen LogP contribution >= 0.6 is 0 Å². The number of benzene rings is 3. The molecule has 0 spiro atoms. The van der Waals surface area contributed by atoms with Gasteiger partial charge >= 0.3 is 18.1 Å². The van der Waals surface area contributed by atoms with Crippen LogP contribution in [-0.4, -0.2) is 51.2 Å². The van der Waals surface area contributed by atoms with Gasteiger partial charge in [0.25, 0.3) is 21.5 Å². The summed E-state index contributed by atoms with van der Waals surface area (Å²) >= 11 is 0. The molecule has 0 unspecified atom stereocenters. The summed E-state index contributed by atoms with van der Waals surface area (Å²) in [5.41, 5.74) is -4.27. The molecule has 3 aromatic carbocycles. The second-order valence-electron chi connectivity index (χ2n) is 7.84. The van der Waals surface area contributed by atoms with E-state index in [1.54, 1.807) is 0 Å². The summed E-state index contributed by atoms with van der Waals surface area (Å²) in [5, 5.41) is 10.8. The molecule has 0 aliphatic rings. The highest BCUT2D eigenvalue weighted by molar-refractivity contribution is 7.92. The largest absolute Gasteiger partial charge is 0.480 e. The van der Waals surface area contributed by atoms with Gasteiger partial charge in [0.2, 0.25) is 0 Å². The minimum absolute atomic E-state index is 0.156. The summed E-state index contributed by atoms with van der Waals surface area (Å²) in [6.07, 6.45) is -5.20. The molecular formula is C25H21F3N2O8S. The number of sulfonamides is 1. The molecule has 3 aromatic rings. The van der Waals surface area contributed by atoms with Crippen LogP contribution in [0.2, 0.25) is 0 Å². The van der Waals surface area contributed by atoms with E-state index in [4.69, 9.17) is 9.84 Å². The standard InChI is InChI=1S/C25H21F3N2O8S/c1-37-24(25(26,27)28,16-7-3-2-4-8-16)23(34)38-17-11-13-18(14-12-17)39(35,36)30-20-10-6-5-9-19(20)22(33)29-15-21(31)32/h2-14,30H,15H2,1H3,(H,29,33)(H,31,32)/t24-/m1/s1. The smallest absolute Gasteiger partial charge is 0.432 e. The van der Waals surface area contributed by atoms with Gasteiger partial charge in [0.1, 0.15) is 12.3 Å². The van der Waals surface area contributed by atoms with Gasteiger partial charge in [0, 0.05) is 12.7 Å². The maximum Gasteiger partial charge on any atom is 0.432 e. The number of esters is 1. The van der Waals surface area contributed by atoms with Crippen LogP contribution in [0.3, 0.4) is 0 Å². The predicted octanol–water partition coefficient (Wildman–Crippen LogP) is 3.31. The van der Waals surface area contributed by atoms with Gasteiger partial charge in [-0.3, -0.25) is 14.3 Å². The molecule has 0 saturated heterocycles. The molecule has 206 valence electrons. The van der Waals surface area contributed by atoms with Crippen LogP contribution < -0.4 is 14.8 Å². The lowest BCUT2D eigenvalue weighted by molar-refractivity contribution is -0.272. The lowest BCUT2D eigenvalue weighted by atomic mass is 9.92. The number of amides is 1. The lowest BCUT2D eigenvalue weighted by Gasteiger charge is -2.32. The summed E-state index contributed by atoms with van der Waals surface area (Å²) < 4.78 is 79.7. The number of hydrogen-bond acceptors (Lipinski definition) is 7. The molecule has 0 aliphatic carbocycles. The minimum atomic E-state index is -5.20. The molecule has 1 atom stereocenters. The molecule has 0 bridgehead atoms. The van der Waals surface area contributed by atoms with Crippen molar-refractivity contribution in [2.24, 2.45) is 0 Å². The van der Waals surface area contributed by atoms with E-state index in [-0.39, 0.29) is 16.1 Å². The van der Waals surface area contributed by atoms with Gasteiger partial charge in [-0.2, -0.15) is 13.2 Å². The molecule has 14 heteroatoms. The van der Waals surface area contributed by atoms with Crippen molar-refractivity contribution in [2.45, 2.75) is 16.7 Å². The number of methoxy groups -OCH3 is 1. The van der Waals surface area contributed by atoms with E-state index in [0.717, 1.165) is 36.4 Å². The number of aliphatic carboxylic acids is 1. The van der Waals surface area contributed by atoms with E-state index in [1.165, 1.54) is 42.5 Å². The Morgan fingerprint density at radius 3 is 2.05 bits per heavy atom. The number of carbonyl (C=O) groups excluding carboxylic acids is 2. The summed E-state index contributed by atoms with van der Waals surface area (Å²) in [6.45, 7) is -0.691. The Kier molecular flexibility index (Phi) is 8.61. The Morgan fingerprint density at radius 2 is 1.49 bits per heavy atom. The summed E-state index contributed by atoms with van der Waals surface area (Å²) in [6, 6.07) is 15.5. The first-order chi connectivity index (χ1) is 18.3. The number of alkyl halides is 3. The Labute approximate surface area is 220 Å². The van der Waals surface area contributed by atoms with Gasteiger partial charge in [-0.1, -0.05) is 42.5 Å². The maximum atomic E-state index is 14.0. The fourth-order valence-corrected chi connectivity index (χ4v) is 4.56. The van der Waals surface area contributed by atoms with Gasteiger partial charge in [0.05, 0.1) is 16.1 Å². The van der Waals surface area contributed by atoms with Crippen molar-refractivity contribution in [3.8, 4) is 5.75 Å². The van der Waals surface area contributed by atoms with Gasteiger partial charge in [-0.15, -0.1) is 0 Å². The number of nitrogens with one attached hydrogen (secondary N) is 2. The Balaban J connectivity index is 1.83. The zero-order chi connectivity index (χ0) is 28.8. The minimum Gasteiger partial charge on any atom is -0.480 e. The van der Waals surface area contributed by atoms with E-state index < -0.39 is 57.5 Å². The Bertz CT molecular complexity index is 1460. The van der Waals surface area contributed by atoms with Crippen molar-refractivity contribution in [1.29, 1.82) is 0 Å². The third kappa shape index (κ3) is 6.35. The first-order valence-corrected chi connectivity index (χ1v) is 12.4. The van der Waals surface area contributed by atoms with Crippen LogP contribution in [-0.2, 0) is 30.0 Å². The number of carboxylic acids is 1. The fourth-order valence-electron chi connectivity index (χ4n) is 3.48. The number of anilines is 1. The van der Waals surface area contributed by atoms with Gasteiger partial charge < -0.3 is 19.9 Å². The zero-order valence-corrected chi connectivity index (χ0v) is 20.9. The fraction of sp³-hybridized carbons (Fsp3) is 0.160. The van der Waals surface area contributed by atoms with E-state index in [1.807, 2.05) is 0 Å². The number of carbonyl (C=O) groups is 3. The van der Waals surface area contributed by atoms with E-state index >= 15 is 0 Å².